The first kappa shape index (κ1) is 18.1. The second-order valence-corrected chi connectivity index (χ2v) is 5.47. The Labute approximate surface area is 144 Å². The van der Waals surface area contributed by atoms with Gasteiger partial charge in [-0.1, -0.05) is 18.2 Å². The van der Waals surface area contributed by atoms with Crippen molar-refractivity contribution in [2.75, 3.05) is 20.1 Å². The molecule has 1 unspecified atom stereocenters. The number of benzene rings is 1. The van der Waals surface area contributed by atoms with E-state index in [1.54, 1.807) is 7.05 Å². The molecule has 0 radical (unpaired) electrons. The molecule has 1 aromatic rings. The van der Waals surface area contributed by atoms with Gasteiger partial charge in [-0.2, -0.15) is 0 Å². The third kappa shape index (κ3) is 6.54. The predicted molar refractivity (Wildman–Crippen MR) is 98.8 cm³/mol. The van der Waals surface area contributed by atoms with Crippen LogP contribution in [0.25, 0.3) is 0 Å². The lowest BCUT2D eigenvalue weighted by Gasteiger charge is -2.18. The van der Waals surface area contributed by atoms with Crippen molar-refractivity contribution in [3.05, 3.63) is 29.8 Å². The summed E-state index contributed by atoms with van der Waals surface area (Å²) in [6, 6.07) is 8.09. The monoisotopic (exact) mass is 403 g/mol. The maximum Gasteiger partial charge on any atom is 0.191 e. The fraction of sp³-hybridized carbons (Fsp3) is 0.562. The third-order valence-corrected chi connectivity index (χ3v) is 3.46. The number of hydrogen-bond donors (Lipinski definition) is 2. The van der Waals surface area contributed by atoms with Crippen LogP contribution in [0.1, 0.15) is 25.3 Å². The fourth-order valence-corrected chi connectivity index (χ4v) is 1.97. The van der Waals surface area contributed by atoms with Crippen molar-refractivity contribution in [2.45, 2.75) is 32.8 Å². The molecule has 0 amide bonds. The highest BCUT2D eigenvalue weighted by molar-refractivity contribution is 14.0. The summed E-state index contributed by atoms with van der Waals surface area (Å²) < 4.78 is 5.93. The molecular formula is C16H26IN3O. The van der Waals surface area contributed by atoms with Gasteiger partial charge in [0.2, 0.25) is 0 Å². The van der Waals surface area contributed by atoms with Crippen LogP contribution in [0.4, 0.5) is 0 Å². The predicted octanol–water partition coefficient (Wildman–Crippen LogP) is 2.96. The standard InChI is InChI=1S/C16H25N3O.HI/c1-12-6-4-5-7-15(12)20-13(2)10-18-16(17-3)19-11-14-8-9-14;/h4-7,13-14H,8-11H2,1-3H3,(H2,17,18,19);1H. The van der Waals surface area contributed by atoms with Gasteiger partial charge in [0.05, 0.1) is 6.54 Å². The van der Waals surface area contributed by atoms with E-state index in [9.17, 15) is 0 Å². The molecule has 0 aromatic heterocycles. The summed E-state index contributed by atoms with van der Waals surface area (Å²) in [7, 11) is 1.80. The molecular weight excluding hydrogens is 377 g/mol. The summed E-state index contributed by atoms with van der Waals surface area (Å²) in [5.74, 6) is 2.65. The molecule has 1 aliphatic carbocycles. The first-order valence-electron chi connectivity index (χ1n) is 7.36. The molecule has 1 aliphatic rings. The van der Waals surface area contributed by atoms with Crippen molar-refractivity contribution >= 4 is 29.9 Å². The number of guanidine groups is 1. The van der Waals surface area contributed by atoms with Crippen molar-refractivity contribution in [3.63, 3.8) is 0 Å². The zero-order valence-electron chi connectivity index (χ0n) is 13.1. The third-order valence-electron chi connectivity index (χ3n) is 3.46. The molecule has 0 bridgehead atoms. The smallest absolute Gasteiger partial charge is 0.191 e. The Hall–Kier alpha value is -0.980. The van der Waals surface area contributed by atoms with Crippen LogP contribution in [0, 0.1) is 12.8 Å². The van der Waals surface area contributed by atoms with Crippen molar-refractivity contribution in [1.82, 2.24) is 10.6 Å². The second-order valence-electron chi connectivity index (χ2n) is 5.47. The van der Waals surface area contributed by atoms with E-state index in [-0.39, 0.29) is 30.1 Å². The van der Waals surface area contributed by atoms with E-state index in [0.717, 1.165) is 36.3 Å². The Morgan fingerprint density at radius 3 is 2.67 bits per heavy atom. The molecule has 2 N–H and O–H groups in total. The summed E-state index contributed by atoms with van der Waals surface area (Å²) in [5.41, 5.74) is 1.16. The van der Waals surface area contributed by atoms with E-state index in [0.29, 0.717) is 0 Å². The van der Waals surface area contributed by atoms with Crippen LogP contribution < -0.4 is 15.4 Å². The Bertz CT molecular complexity index is 461. The van der Waals surface area contributed by atoms with Gasteiger partial charge in [-0.3, -0.25) is 4.99 Å². The van der Waals surface area contributed by atoms with E-state index < -0.39 is 0 Å². The highest BCUT2D eigenvalue weighted by Crippen LogP contribution is 2.27. The molecule has 0 heterocycles. The zero-order chi connectivity index (χ0) is 14.4. The maximum atomic E-state index is 5.93. The Morgan fingerprint density at radius 1 is 1.33 bits per heavy atom. The number of halogens is 1. The fourth-order valence-electron chi connectivity index (χ4n) is 1.97. The van der Waals surface area contributed by atoms with E-state index in [1.807, 2.05) is 18.2 Å². The number of ether oxygens (including phenoxy) is 1. The van der Waals surface area contributed by atoms with E-state index in [1.165, 1.54) is 12.8 Å². The number of nitrogens with zero attached hydrogens (tertiary/aromatic N) is 1. The molecule has 5 heteroatoms. The zero-order valence-corrected chi connectivity index (χ0v) is 15.4. The van der Waals surface area contributed by atoms with Crippen LogP contribution >= 0.6 is 24.0 Å². The van der Waals surface area contributed by atoms with Gasteiger partial charge in [0, 0.05) is 13.6 Å². The molecule has 0 spiro atoms. The van der Waals surface area contributed by atoms with Crippen molar-refractivity contribution in [2.24, 2.45) is 10.9 Å². The van der Waals surface area contributed by atoms with Gasteiger partial charge in [-0.25, -0.2) is 0 Å². The van der Waals surface area contributed by atoms with Gasteiger partial charge >= 0.3 is 0 Å². The lowest BCUT2D eigenvalue weighted by atomic mass is 10.2. The molecule has 0 saturated heterocycles. The largest absolute Gasteiger partial charge is 0.489 e. The average molecular weight is 403 g/mol. The lowest BCUT2D eigenvalue weighted by molar-refractivity contribution is 0.222. The first-order valence-corrected chi connectivity index (χ1v) is 7.36. The van der Waals surface area contributed by atoms with Crippen LogP contribution in [-0.4, -0.2) is 32.2 Å². The van der Waals surface area contributed by atoms with Crippen LogP contribution in [-0.2, 0) is 0 Å². The van der Waals surface area contributed by atoms with Crippen molar-refractivity contribution < 1.29 is 4.74 Å². The van der Waals surface area contributed by atoms with Gasteiger partial charge in [0.15, 0.2) is 5.96 Å². The molecule has 1 aromatic carbocycles. The second kappa shape index (κ2) is 9.12. The summed E-state index contributed by atoms with van der Waals surface area (Å²) in [4.78, 5) is 4.22. The molecule has 4 nitrogen and oxygen atoms in total. The molecule has 0 aliphatic heterocycles. The molecule has 21 heavy (non-hydrogen) atoms. The topological polar surface area (TPSA) is 45.7 Å². The number of nitrogens with one attached hydrogen (secondary N) is 2. The molecule has 2 rings (SSSR count). The van der Waals surface area contributed by atoms with Crippen molar-refractivity contribution in [3.8, 4) is 5.75 Å². The molecule has 1 saturated carbocycles. The normalized spacial score (nSPS) is 15.9. The molecule has 1 atom stereocenters. The van der Waals surface area contributed by atoms with Crippen LogP contribution in [0.2, 0.25) is 0 Å². The number of para-hydroxylation sites is 1. The van der Waals surface area contributed by atoms with Gasteiger partial charge in [-0.05, 0) is 44.2 Å². The van der Waals surface area contributed by atoms with Gasteiger partial charge in [0.25, 0.3) is 0 Å². The Balaban J connectivity index is 0.00000220. The van der Waals surface area contributed by atoms with Crippen LogP contribution in [0.15, 0.2) is 29.3 Å². The SMILES string of the molecule is CN=C(NCC1CC1)NCC(C)Oc1ccccc1C.I. The minimum atomic E-state index is 0. The maximum absolute atomic E-state index is 5.93. The van der Waals surface area contributed by atoms with Gasteiger partial charge < -0.3 is 15.4 Å². The first-order chi connectivity index (χ1) is 9.69. The highest BCUT2D eigenvalue weighted by Gasteiger charge is 2.21. The summed E-state index contributed by atoms with van der Waals surface area (Å²) >= 11 is 0. The minimum Gasteiger partial charge on any atom is -0.489 e. The summed E-state index contributed by atoms with van der Waals surface area (Å²) in [6.07, 6.45) is 2.78. The van der Waals surface area contributed by atoms with E-state index in [4.69, 9.17) is 4.74 Å². The number of aliphatic imine (C=N–C) groups is 1. The van der Waals surface area contributed by atoms with Crippen molar-refractivity contribution in [1.29, 1.82) is 0 Å². The minimum absolute atomic E-state index is 0. The highest BCUT2D eigenvalue weighted by atomic mass is 127. The summed E-state index contributed by atoms with van der Waals surface area (Å²) in [6.45, 7) is 5.88. The number of rotatable bonds is 6. The van der Waals surface area contributed by atoms with Gasteiger partial charge in [0.1, 0.15) is 11.9 Å². The average Bonchev–Trinajstić information content (AvgIpc) is 3.26. The molecule has 118 valence electrons. The van der Waals surface area contributed by atoms with Crippen LogP contribution in [0.5, 0.6) is 5.75 Å². The van der Waals surface area contributed by atoms with E-state index >= 15 is 0 Å². The van der Waals surface area contributed by atoms with E-state index in [2.05, 4.69) is 35.5 Å². The van der Waals surface area contributed by atoms with Crippen LogP contribution in [0.3, 0.4) is 0 Å². The molecule has 1 fully saturated rings. The van der Waals surface area contributed by atoms with Gasteiger partial charge in [-0.15, -0.1) is 24.0 Å². The lowest BCUT2D eigenvalue weighted by Crippen LogP contribution is -2.42. The Kier molecular flexibility index (Phi) is 7.85. The summed E-state index contributed by atoms with van der Waals surface area (Å²) in [5, 5.41) is 6.65. The Morgan fingerprint density at radius 2 is 2.05 bits per heavy atom. The number of aryl methyl sites for hydroxylation is 1. The quantitative estimate of drug-likeness (QED) is 0.436. The number of hydrogen-bond acceptors (Lipinski definition) is 2.